The average Bonchev–Trinajstić information content (AvgIpc) is 2.61. The number of hydrogen-bond donors (Lipinski definition) is 0. The van der Waals surface area contributed by atoms with Crippen molar-refractivity contribution in [2.24, 2.45) is 0 Å². The SMILES string of the molecule is CB1CC=CC=[C]1[Zr+2][C]1=CC=CC1.[Cl-].[Cl-]. The fourth-order valence-corrected chi connectivity index (χ4v) is 4.87. The van der Waals surface area contributed by atoms with Crippen LogP contribution >= 0.6 is 0 Å². The second-order valence-electron chi connectivity index (χ2n) is 3.64. The van der Waals surface area contributed by atoms with Crippen molar-refractivity contribution < 1.29 is 48.0 Å². The predicted octanol–water partition coefficient (Wildman–Crippen LogP) is -2.96. The van der Waals surface area contributed by atoms with Crippen molar-refractivity contribution in [2.75, 3.05) is 0 Å². The van der Waals surface area contributed by atoms with Crippen LogP contribution in [0.3, 0.4) is 0 Å². The summed E-state index contributed by atoms with van der Waals surface area (Å²) in [7, 11) is 0. The zero-order valence-electron chi connectivity index (χ0n) is 8.71. The molecule has 0 atom stereocenters. The van der Waals surface area contributed by atoms with Crippen molar-refractivity contribution in [1.82, 2.24) is 0 Å². The molecule has 1 aliphatic carbocycles. The second-order valence-corrected chi connectivity index (χ2v) is 7.25. The van der Waals surface area contributed by atoms with E-state index in [1.54, 1.807) is 6.46 Å². The minimum absolute atomic E-state index is 0. The molecule has 0 aromatic heterocycles. The predicted molar refractivity (Wildman–Crippen MR) is 55.5 cm³/mol. The van der Waals surface area contributed by atoms with Crippen molar-refractivity contribution in [1.29, 1.82) is 0 Å². The maximum Gasteiger partial charge on any atom is -1.00 e. The first-order valence-electron chi connectivity index (χ1n) is 4.86. The van der Waals surface area contributed by atoms with Crippen LogP contribution in [0.25, 0.3) is 0 Å². The monoisotopic (exact) mass is 316 g/mol. The first-order chi connectivity index (χ1) is 6.36. The van der Waals surface area contributed by atoms with Gasteiger partial charge in [0.1, 0.15) is 0 Å². The van der Waals surface area contributed by atoms with Crippen LogP contribution in [-0.2, 0) is 23.2 Å². The Morgan fingerprint density at radius 1 is 1.13 bits per heavy atom. The van der Waals surface area contributed by atoms with E-state index in [9.17, 15) is 0 Å². The summed E-state index contributed by atoms with van der Waals surface area (Å²) in [6.07, 6.45) is 16.2. The first kappa shape index (κ1) is 15.5. The van der Waals surface area contributed by atoms with E-state index in [1.165, 1.54) is 12.7 Å². The molecule has 1 heterocycles. The second kappa shape index (κ2) is 7.71. The molecule has 0 bridgehead atoms. The molecule has 0 nitrogen and oxygen atoms in total. The zero-order valence-corrected chi connectivity index (χ0v) is 12.7. The van der Waals surface area contributed by atoms with Gasteiger partial charge in [-0.2, -0.15) is 0 Å². The van der Waals surface area contributed by atoms with Gasteiger partial charge in [-0.3, -0.25) is 0 Å². The summed E-state index contributed by atoms with van der Waals surface area (Å²) < 4.78 is 3.50. The topological polar surface area (TPSA) is 0 Å². The molecule has 0 amide bonds. The zero-order chi connectivity index (χ0) is 9.10. The minimum Gasteiger partial charge on any atom is -1.00 e. The van der Waals surface area contributed by atoms with E-state index in [0.717, 1.165) is 6.71 Å². The van der Waals surface area contributed by atoms with Crippen LogP contribution in [0.2, 0.25) is 13.1 Å². The Hall–Kier alpha value is 0.488. The van der Waals surface area contributed by atoms with E-state index in [-0.39, 0.29) is 48.0 Å². The third kappa shape index (κ3) is 4.47. The Bertz CT molecular complexity index is 319. The van der Waals surface area contributed by atoms with Crippen LogP contribution in [-0.4, -0.2) is 6.71 Å². The van der Waals surface area contributed by atoms with Gasteiger partial charge >= 0.3 is 92.4 Å². The van der Waals surface area contributed by atoms with Gasteiger partial charge in [0.25, 0.3) is 0 Å². The molecule has 0 aromatic carbocycles. The number of rotatable bonds is 2. The van der Waals surface area contributed by atoms with Gasteiger partial charge in [0.05, 0.1) is 0 Å². The van der Waals surface area contributed by atoms with Crippen LogP contribution in [0.4, 0.5) is 0 Å². The van der Waals surface area contributed by atoms with Gasteiger partial charge in [-0.25, -0.2) is 0 Å². The molecular weight excluding hydrogens is 305 g/mol. The number of halogens is 2. The molecule has 78 valence electrons. The molecule has 0 radical (unpaired) electrons. The van der Waals surface area contributed by atoms with E-state index >= 15 is 0 Å². The fourth-order valence-electron chi connectivity index (χ4n) is 1.64. The van der Waals surface area contributed by atoms with Gasteiger partial charge in [-0.15, -0.1) is 0 Å². The summed E-state index contributed by atoms with van der Waals surface area (Å²) in [4.78, 5) is 0. The van der Waals surface area contributed by atoms with Gasteiger partial charge in [0, 0.05) is 0 Å². The van der Waals surface area contributed by atoms with Crippen molar-refractivity contribution >= 4 is 6.71 Å². The quantitative estimate of drug-likeness (QED) is 0.478. The summed E-state index contributed by atoms with van der Waals surface area (Å²) in [6.45, 7) is 3.18. The number of hydrogen-bond acceptors (Lipinski definition) is 0. The summed E-state index contributed by atoms with van der Waals surface area (Å²) >= 11 is -0.383. The molecule has 0 saturated carbocycles. The van der Waals surface area contributed by atoms with Gasteiger partial charge in [0.2, 0.25) is 0 Å². The molecule has 1 aliphatic heterocycles. The molecule has 0 saturated heterocycles. The van der Waals surface area contributed by atoms with Crippen molar-refractivity contribution in [2.45, 2.75) is 19.6 Å². The van der Waals surface area contributed by atoms with Crippen molar-refractivity contribution in [3.8, 4) is 0 Å². The molecule has 2 rings (SSSR count). The van der Waals surface area contributed by atoms with Gasteiger partial charge < -0.3 is 24.8 Å². The van der Waals surface area contributed by atoms with E-state index < -0.39 is 0 Å². The molecule has 2 aliphatic rings. The van der Waals surface area contributed by atoms with Crippen LogP contribution in [0.5, 0.6) is 0 Å². The summed E-state index contributed by atoms with van der Waals surface area (Å²) in [5.41, 5.74) is 0. The maximum atomic E-state index is 2.36. The Kier molecular flexibility index (Phi) is 7.96. The Labute approximate surface area is 116 Å². The maximum absolute atomic E-state index is 2.36. The minimum atomic E-state index is -0.383. The standard InChI is InChI=1S/C6H8B.C5H5.2ClH.Zr/c1-7-5-3-2-4-6-7;1-2-4-5-3-1;;;/h2-4H,5H2,1H3;1-3H,4H2;2*1H;/q;;;;+2/p-2. The molecule has 4 heteroatoms. The van der Waals surface area contributed by atoms with E-state index in [1.807, 2.05) is 0 Å². The Morgan fingerprint density at radius 3 is 2.47 bits per heavy atom. The molecule has 15 heavy (non-hydrogen) atoms. The van der Waals surface area contributed by atoms with Crippen LogP contribution in [0.1, 0.15) is 6.42 Å². The molecule has 0 unspecified atom stereocenters. The van der Waals surface area contributed by atoms with Gasteiger partial charge in [-0.1, -0.05) is 0 Å². The third-order valence-corrected chi connectivity index (χ3v) is 6.54. The van der Waals surface area contributed by atoms with E-state index in [0.29, 0.717) is 0 Å². The Morgan fingerprint density at radius 2 is 1.87 bits per heavy atom. The third-order valence-electron chi connectivity index (χ3n) is 2.51. The van der Waals surface area contributed by atoms with Crippen LogP contribution < -0.4 is 24.8 Å². The molecular formula is C11H13BCl2Zr. The van der Waals surface area contributed by atoms with Crippen molar-refractivity contribution in [3.05, 3.63) is 42.9 Å². The van der Waals surface area contributed by atoms with E-state index in [4.69, 9.17) is 0 Å². The first-order valence-corrected chi connectivity index (χ1v) is 7.31. The molecule has 0 aromatic rings. The van der Waals surface area contributed by atoms with Gasteiger partial charge in [0.15, 0.2) is 0 Å². The van der Waals surface area contributed by atoms with Gasteiger partial charge in [-0.05, 0) is 0 Å². The van der Waals surface area contributed by atoms with Crippen molar-refractivity contribution in [3.63, 3.8) is 0 Å². The molecule has 0 spiro atoms. The molecule has 0 N–H and O–H groups in total. The fraction of sp³-hybridized carbons (Fsp3) is 0.273. The summed E-state index contributed by atoms with van der Waals surface area (Å²) in [5, 5.41) is 0. The average molecular weight is 318 g/mol. The largest absolute Gasteiger partial charge is 1.00 e. The summed E-state index contributed by atoms with van der Waals surface area (Å²) in [5.74, 6) is 0. The molecule has 0 fully saturated rings. The Balaban J connectivity index is 0.000000980. The normalized spacial score (nSPS) is 17.3. The number of allylic oxidation sites excluding steroid dienone is 7. The smallest absolute Gasteiger partial charge is 1.00 e. The van der Waals surface area contributed by atoms with Crippen LogP contribution in [0, 0.1) is 0 Å². The van der Waals surface area contributed by atoms with Crippen LogP contribution in [0.15, 0.2) is 42.9 Å². The summed E-state index contributed by atoms with van der Waals surface area (Å²) in [6, 6.07) is 0. The van der Waals surface area contributed by atoms with E-state index in [2.05, 4.69) is 43.3 Å².